The van der Waals surface area contributed by atoms with Crippen LogP contribution < -0.4 is 9.80 Å². The molecule has 7 heteroatoms. The van der Waals surface area contributed by atoms with Gasteiger partial charge in [-0.2, -0.15) is 0 Å². The maximum absolute atomic E-state index is 5.37. The summed E-state index contributed by atoms with van der Waals surface area (Å²) >= 11 is 3.45. The van der Waals surface area contributed by atoms with Crippen LogP contribution in [0.1, 0.15) is 0 Å². The molecule has 1 aromatic heterocycles. The van der Waals surface area contributed by atoms with E-state index in [0.29, 0.717) is 0 Å². The van der Waals surface area contributed by atoms with Gasteiger partial charge in [0.05, 0.1) is 13.2 Å². The van der Waals surface area contributed by atoms with Crippen LogP contribution in [-0.2, 0) is 4.74 Å². The minimum Gasteiger partial charge on any atom is -0.378 e. The lowest BCUT2D eigenvalue weighted by Gasteiger charge is -2.25. The van der Waals surface area contributed by atoms with Crippen molar-refractivity contribution in [3.8, 4) is 0 Å². The number of ether oxygens (including phenoxy) is 1. The predicted octanol–water partition coefficient (Wildman–Crippen LogP) is 2.60. The van der Waals surface area contributed by atoms with Crippen LogP contribution >= 0.6 is 23.1 Å². The third-order valence-corrected chi connectivity index (χ3v) is 5.62. The molecule has 0 spiro atoms. The van der Waals surface area contributed by atoms with Crippen molar-refractivity contribution in [2.75, 3.05) is 55.4 Å². The topological polar surface area (TPSA) is 41.5 Å². The van der Waals surface area contributed by atoms with Crippen LogP contribution in [0.4, 0.5) is 10.8 Å². The third kappa shape index (κ3) is 4.12. The van der Waals surface area contributed by atoms with Gasteiger partial charge < -0.3 is 14.5 Å². The lowest BCUT2D eigenvalue weighted by molar-refractivity contribution is 0.122. The van der Waals surface area contributed by atoms with Gasteiger partial charge in [0.25, 0.3) is 0 Å². The smallest absolute Gasteiger partial charge is 0.209 e. The summed E-state index contributed by atoms with van der Waals surface area (Å²) in [5.41, 5.74) is 1.24. The first-order valence-corrected chi connectivity index (χ1v) is 9.18. The quantitative estimate of drug-likeness (QED) is 0.755. The van der Waals surface area contributed by atoms with Gasteiger partial charge in [-0.1, -0.05) is 41.3 Å². The minimum atomic E-state index is 0.782. The van der Waals surface area contributed by atoms with E-state index in [-0.39, 0.29) is 0 Å². The Hall–Kier alpha value is -1.31. The first-order valence-electron chi connectivity index (χ1n) is 7.38. The fourth-order valence-electron chi connectivity index (χ4n) is 2.22. The Labute approximate surface area is 139 Å². The molecule has 3 rings (SSSR count). The lowest BCUT2D eigenvalue weighted by atomic mass is 10.3. The average Bonchev–Trinajstić information content (AvgIpc) is 3.05. The number of nitrogens with zero attached hydrogens (tertiary/aromatic N) is 4. The molecule has 5 nitrogen and oxygen atoms in total. The van der Waals surface area contributed by atoms with Crippen LogP contribution in [0, 0.1) is 0 Å². The molecule has 118 valence electrons. The van der Waals surface area contributed by atoms with Crippen molar-refractivity contribution in [3.05, 3.63) is 30.3 Å². The molecule has 2 heterocycles. The maximum Gasteiger partial charge on any atom is 0.209 e. The Kier molecular flexibility index (Phi) is 5.53. The molecular formula is C15H20N4OS2. The molecule has 0 saturated carbocycles. The van der Waals surface area contributed by atoms with Crippen LogP contribution in [0.15, 0.2) is 34.7 Å². The number of anilines is 2. The van der Waals surface area contributed by atoms with Crippen LogP contribution in [-0.4, -0.2) is 55.8 Å². The number of hydrogen-bond donors (Lipinski definition) is 0. The second kappa shape index (κ2) is 7.80. The van der Waals surface area contributed by atoms with Crippen molar-refractivity contribution < 1.29 is 4.74 Å². The van der Waals surface area contributed by atoms with Gasteiger partial charge in [-0.05, 0) is 12.1 Å². The van der Waals surface area contributed by atoms with Gasteiger partial charge in [0, 0.05) is 38.1 Å². The number of morpholine rings is 1. The molecule has 0 amide bonds. The summed E-state index contributed by atoms with van der Waals surface area (Å²) in [6, 6.07) is 10.4. The highest BCUT2D eigenvalue weighted by molar-refractivity contribution is 8.01. The molecule has 1 fully saturated rings. The van der Waals surface area contributed by atoms with Crippen LogP contribution in [0.25, 0.3) is 0 Å². The highest BCUT2D eigenvalue weighted by Crippen LogP contribution is 2.28. The maximum atomic E-state index is 5.37. The van der Waals surface area contributed by atoms with Crippen LogP contribution in [0.5, 0.6) is 0 Å². The van der Waals surface area contributed by atoms with Crippen LogP contribution in [0.3, 0.4) is 0 Å². The summed E-state index contributed by atoms with van der Waals surface area (Å²) in [5.74, 6) is 1.00. The highest BCUT2D eigenvalue weighted by Gasteiger charge is 2.15. The summed E-state index contributed by atoms with van der Waals surface area (Å²) in [4.78, 5) is 4.51. The van der Waals surface area contributed by atoms with E-state index in [0.717, 1.165) is 48.1 Å². The van der Waals surface area contributed by atoms with Crippen LogP contribution in [0.2, 0.25) is 0 Å². The molecule has 0 N–H and O–H groups in total. The molecule has 0 radical (unpaired) electrons. The molecule has 1 saturated heterocycles. The van der Waals surface area contributed by atoms with Gasteiger partial charge in [-0.25, -0.2) is 0 Å². The summed E-state index contributed by atoms with van der Waals surface area (Å²) in [6.45, 7) is 4.38. The fraction of sp³-hybridized carbons (Fsp3) is 0.467. The molecule has 0 atom stereocenters. The zero-order chi connectivity index (χ0) is 15.2. The summed E-state index contributed by atoms with van der Waals surface area (Å²) in [5, 5.41) is 9.61. The number of thioether (sulfide) groups is 1. The van der Waals surface area contributed by atoms with E-state index in [1.54, 1.807) is 23.1 Å². The molecular weight excluding hydrogens is 316 g/mol. The molecule has 0 bridgehead atoms. The monoisotopic (exact) mass is 336 g/mol. The van der Waals surface area contributed by atoms with Crippen molar-refractivity contribution in [2.45, 2.75) is 4.34 Å². The lowest BCUT2D eigenvalue weighted by Crippen LogP contribution is -2.36. The van der Waals surface area contributed by atoms with Crippen molar-refractivity contribution in [1.82, 2.24) is 10.2 Å². The van der Waals surface area contributed by atoms with Crippen molar-refractivity contribution in [3.63, 3.8) is 0 Å². The van der Waals surface area contributed by atoms with Gasteiger partial charge in [0.2, 0.25) is 5.13 Å². The number of benzene rings is 1. The first-order chi connectivity index (χ1) is 10.8. The van der Waals surface area contributed by atoms with E-state index >= 15 is 0 Å². The fourth-order valence-corrected chi connectivity index (χ4v) is 4.20. The van der Waals surface area contributed by atoms with Gasteiger partial charge >= 0.3 is 0 Å². The Balaban J connectivity index is 1.47. The van der Waals surface area contributed by atoms with Gasteiger partial charge in [0.15, 0.2) is 4.34 Å². The summed E-state index contributed by atoms with van der Waals surface area (Å²) in [7, 11) is 2.12. The molecule has 1 aliphatic rings. The van der Waals surface area contributed by atoms with Gasteiger partial charge in [0.1, 0.15) is 0 Å². The average molecular weight is 336 g/mol. The van der Waals surface area contributed by atoms with Gasteiger partial charge in [-0.3, -0.25) is 0 Å². The van der Waals surface area contributed by atoms with Crippen molar-refractivity contribution in [1.29, 1.82) is 0 Å². The third-order valence-electron chi connectivity index (χ3n) is 3.53. The zero-order valence-corrected chi connectivity index (χ0v) is 14.3. The second-order valence-electron chi connectivity index (χ2n) is 5.06. The largest absolute Gasteiger partial charge is 0.378 e. The Morgan fingerprint density at radius 2 is 2.00 bits per heavy atom. The number of rotatable bonds is 6. The summed E-state index contributed by atoms with van der Waals surface area (Å²) < 4.78 is 6.41. The minimum absolute atomic E-state index is 0.782. The van der Waals surface area contributed by atoms with Crippen molar-refractivity contribution >= 4 is 33.9 Å². The van der Waals surface area contributed by atoms with E-state index < -0.39 is 0 Å². The number of aromatic nitrogens is 2. The SMILES string of the molecule is CN(CCSc1nnc(N2CCOCC2)s1)c1ccccc1. The molecule has 0 aliphatic carbocycles. The van der Waals surface area contributed by atoms with Crippen molar-refractivity contribution in [2.24, 2.45) is 0 Å². The molecule has 1 aliphatic heterocycles. The number of para-hydroxylation sites is 1. The first kappa shape index (κ1) is 15.6. The zero-order valence-electron chi connectivity index (χ0n) is 12.6. The number of hydrogen-bond acceptors (Lipinski definition) is 7. The molecule has 1 aromatic carbocycles. The van der Waals surface area contributed by atoms with E-state index in [9.17, 15) is 0 Å². The highest BCUT2D eigenvalue weighted by atomic mass is 32.2. The van der Waals surface area contributed by atoms with Gasteiger partial charge in [-0.15, -0.1) is 10.2 Å². The Morgan fingerprint density at radius 1 is 1.23 bits per heavy atom. The normalized spacial score (nSPS) is 15.0. The van der Waals surface area contributed by atoms with E-state index in [1.165, 1.54) is 5.69 Å². The Bertz CT molecular complexity index is 572. The predicted molar refractivity (Wildman–Crippen MR) is 93.4 cm³/mol. The van der Waals surface area contributed by atoms with E-state index in [1.807, 2.05) is 6.07 Å². The molecule has 22 heavy (non-hydrogen) atoms. The van der Waals surface area contributed by atoms with E-state index in [4.69, 9.17) is 4.74 Å². The molecule has 2 aromatic rings. The standard InChI is InChI=1S/C15H20N4OS2/c1-18(13-5-3-2-4-6-13)9-12-21-15-17-16-14(22-15)19-7-10-20-11-8-19/h2-6H,7-12H2,1H3. The second-order valence-corrected chi connectivity index (χ2v) is 7.35. The Morgan fingerprint density at radius 3 is 2.77 bits per heavy atom. The summed E-state index contributed by atoms with van der Waals surface area (Å²) in [6.07, 6.45) is 0. The van der Waals surface area contributed by atoms with E-state index in [2.05, 4.69) is 51.3 Å². The molecule has 0 unspecified atom stereocenters.